The minimum Gasteiger partial charge on any atom is -0.394 e. The average molecular weight is 356 g/mol. The Bertz CT molecular complexity index is 468. The molecular formula is C18H28O7. The quantitative estimate of drug-likeness (QED) is 0.443. The highest BCUT2D eigenvalue weighted by atomic mass is 16.7. The topological polar surface area (TPSA) is 109 Å². The third-order valence-electron chi connectivity index (χ3n) is 4.18. The predicted molar refractivity (Wildman–Crippen MR) is 89.7 cm³/mol. The number of hydrogen-bond acceptors (Lipinski definition) is 7. The van der Waals surface area contributed by atoms with Gasteiger partial charge in [0.2, 0.25) is 0 Å². The number of aliphatic hydroxyl groups is 4. The van der Waals surface area contributed by atoms with Crippen molar-refractivity contribution < 1.29 is 34.6 Å². The van der Waals surface area contributed by atoms with Gasteiger partial charge < -0.3 is 34.6 Å². The van der Waals surface area contributed by atoms with Crippen LogP contribution >= 0.6 is 0 Å². The SMILES string of the molecule is OCC1OC(OCCCCCOCc2ccccc2)C(O)C(O)C1O. The van der Waals surface area contributed by atoms with E-state index >= 15 is 0 Å². The van der Waals surface area contributed by atoms with E-state index < -0.39 is 37.3 Å². The van der Waals surface area contributed by atoms with E-state index in [-0.39, 0.29) is 0 Å². The molecule has 1 saturated heterocycles. The van der Waals surface area contributed by atoms with Crippen LogP contribution in [0.2, 0.25) is 0 Å². The number of benzene rings is 1. The van der Waals surface area contributed by atoms with Crippen molar-refractivity contribution in [1.82, 2.24) is 0 Å². The molecule has 142 valence electrons. The van der Waals surface area contributed by atoms with Crippen LogP contribution in [0.4, 0.5) is 0 Å². The van der Waals surface area contributed by atoms with E-state index in [0.29, 0.717) is 19.8 Å². The molecule has 1 aliphatic rings. The van der Waals surface area contributed by atoms with Gasteiger partial charge in [-0.2, -0.15) is 0 Å². The number of ether oxygens (including phenoxy) is 3. The summed E-state index contributed by atoms with van der Waals surface area (Å²) < 4.78 is 16.3. The highest BCUT2D eigenvalue weighted by Gasteiger charge is 2.43. The van der Waals surface area contributed by atoms with Crippen LogP contribution in [0.15, 0.2) is 30.3 Å². The molecule has 0 bridgehead atoms. The summed E-state index contributed by atoms with van der Waals surface area (Å²) in [7, 11) is 0. The van der Waals surface area contributed by atoms with Crippen molar-refractivity contribution in [3.63, 3.8) is 0 Å². The van der Waals surface area contributed by atoms with Crippen LogP contribution in [0.1, 0.15) is 24.8 Å². The van der Waals surface area contributed by atoms with Gasteiger partial charge in [-0.1, -0.05) is 30.3 Å². The first-order valence-electron chi connectivity index (χ1n) is 8.67. The van der Waals surface area contributed by atoms with E-state index in [1.54, 1.807) is 0 Å². The standard InChI is InChI=1S/C18H28O7/c19-11-14-15(20)16(21)17(22)18(25-14)24-10-6-2-5-9-23-12-13-7-3-1-4-8-13/h1,3-4,7-8,14-22H,2,5-6,9-12H2. The number of unbranched alkanes of at least 4 members (excludes halogenated alkanes) is 2. The predicted octanol–water partition coefficient (Wildman–Crippen LogP) is 0.190. The van der Waals surface area contributed by atoms with Crippen molar-refractivity contribution in [2.45, 2.75) is 56.6 Å². The van der Waals surface area contributed by atoms with Crippen LogP contribution in [0.25, 0.3) is 0 Å². The van der Waals surface area contributed by atoms with Crippen LogP contribution in [-0.4, -0.2) is 71.0 Å². The molecule has 7 nitrogen and oxygen atoms in total. The molecule has 0 aliphatic carbocycles. The largest absolute Gasteiger partial charge is 0.394 e. The molecule has 0 radical (unpaired) electrons. The fourth-order valence-corrected chi connectivity index (χ4v) is 2.65. The molecule has 0 aromatic heterocycles. The number of hydrogen-bond donors (Lipinski definition) is 4. The minimum atomic E-state index is -1.40. The summed E-state index contributed by atoms with van der Waals surface area (Å²) in [5.74, 6) is 0. The maximum atomic E-state index is 9.84. The van der Waals surface area contributed by atoms with Crippen LogP contribution in [-0.2, 0) is 20.8 Å². The smallest absolute Gasteiger partial charge is 0.186 e. The normalized spacial score (nSPS) is 29.7. The minimum absolute atomic E-state index is 0.349. The fraction of sp³-hybridized carbons (Fsp3) is 0.667. The van der Waals surface area contributed by atoms with Crippen LogP contribution < -0.4 is 0 Å². The maximum absolute atomic E-state index is 9.84. The molecule has 1 heterocycles. The lowest BCUT2D eigenvalue weighted by Gasteiger charge is -2.39. The van der Waals surface area contributed by atoms with Gasteiger partial charge in [-0.25, -0.2) is 0 Å². The molecule has 0 saturated carbocycles. The average Bonchev–Trinajstić information content (AvgIpc) is 2.64. The first-order valence-corrected chi connectivity index (χ1v) is 8.67. The van der Waals surface area contributed by atoms with Crippen molar-refractivity contribution in [3.05, 3.63) is 35.9 Å². The van der Waals surface area contributed by atoms with Crippen molar-refractivity contribution in [1.29, 1.82) is 0 Å². The van der Waals surface area contributed by atoms with Crippen LogP contribution in [0, 0.1) is 0 Å². The van der Waals surface area contributed by atoms with Gasteiger partial charge in [-0.05, 0) is 24.8 Å². The Morgan fingerprint density at radius 3 is 2.32 bits per heavy atom. The zero-order valence-corrected chi connectivity index (χ0v) is 14.2. The Hall–Kier alpha value is -1.06. The zero-order valence-electron chi connectivity index (χ0n) is 14.2. The molecule has 0 amide bonds. The highest BCUT2D eigenvalue weighted by molar-refractivity contribution is 5.13. The molecule has 0 spiro atoms. The van der Waals surface area contributed by atoms with E-state index in [9.17, 15) is 15.3 Å². The third kappa shape index (κ3) is 6.31. The van der Waals surface area contributed by atoms with Gasteiger partial charge in [-0.15, -0.1) is 0 Å². The second-order valence-electron chi connectivity index (χ2n) is 6.17. The van der Waals surface area contributed by atoms with E-state index in [0.717, 1.165) is 24.8 Å². The van der Waals surface area contributed by atoms with Gasteiger partial charge >= 0.3 is 0 Å². The molecule has 1 aliphatic heterocycles. The van der Waals surface area contributed by atoms with Gasteiger partial charge in [0.1, 0.15) is 24.4 Å². The molecule has 1 fully saturated rings. The molecule has 25 heavy (non-hydrogen) atoms. The number of aliphatic hydroxyl groups excluding tert-OH is 4. The second kappa shape index (κ2) is 10.8. The Morgan fingerprint density at radius 1 is 0.880 bits per heavy atom. The zero-order chi connectivity index (χ0) is 18.1. The van der Waals surface area contributed by atoms with Gasteiger partial charge in [0.05, 0.1) is 13.2 Å². The molecule has 4 N–H and O–H groups in total. The highest BCUT2D eigenvalue weighted by Crippen LogP contribution is 2.22. The van der Waals surface area contributed by atoms with Crippen molar-refractivity contribution in [2.24, 2.45) is 0 Å². The summed E-state index contributed by atoms with van der Waals surface area (Å²) in [4.78, 5) is 0. The van der Waals surface area contributed by atoms with Crippen molar-refractivity contribution in [3.8, 4) is 0 Å². The molecule has 5 atom stereocenters. The van der Waals surface area contributed by atoms with Gasteiger partial charge in [0.25, 0.3) is 0 Å². The molecule has 7 heteroatoms. The Balaban J connectivity index is 1.53. The van der Waals surface area contributed by atoms with Gasteiger partial charge in [0.15, 0.2) is 6.29 Å². The van der Waals surface area contributed by atoms with E-state index in [2.05, 4.69) is 0 Å². The lowest BCUT2D eigenvalue weighted by atomic mass is 9.99. The summed E-state index contributed by atoms with van der Waals surface area (Å²) in [6.45, 7) is 1.15. The lowest BCUT2D eigenvalue weighted by molar-refractivity contribution is -0.301. The summed E-state index contributed by atoms with van der Waals surface area (Å²) in [5.41, 5.74) is 1.15. The molecular weight excluding hydrogens is 328 g/mol. The van der Waals surface area contributed by atoms with Crippen LogP contribution in [0.3, 0.4) is 0 Å². The summed E-state index contributed by atoms with van der Waals surface area (Å²) in [6, 6.07) is 9.98. The van der Waals surface area contributed by atoms with Crippen LogP contribution in [0.5, 0.6) is 0 Å². The van der Waals surface area contributed by atoms with E-state index in [4.69, 9.17) is 19.3 Å². The van der Waals surface area contributed by atoms with E-state index in [1.165, 1.54) is 0 Å². The maximum Gasteiger partial charge on any atom is 0.186 e. The van der Waals surface area contributed by atoms with Gasteiger partial charge in [0, 0.05) is 13.2 Å². The molecule has 5 unspecified atom stereocenters. The fourth-order valence-electron chi connectivity index (χ4n) is 2.65. The first kappa shape index (κ1) is 20.3. The van der Waals surface area contributed by atoms with E-state index in [1.807, 2.05) is 30.3 Å². The molecule has 2 rings (SSSR count). The lowest BCUT2D eigenvalue weighted by Crippen LogP contribution is -2.59. The molecule has 1 aromatic carbocycles. The molecule has 1 aromatic rings. The summed E-state index contributed by atoms with van der Waals surface area (Å²) in [5, 5.41) is 38.3. The summed E-state index contributed by atoms with van der Waals surface area (Å²) >= 11 is 0. The first-order chi connectivity index (χ1) is 12.1. The number of rotatable bonds is 10. The second-order valence-corrected chi connectivity index (χ2v) is 6.17. The Morgan fingerprint density at radius 2 is 1.60 bits per heavy atom. The Kier molecular flexibility index (Phi) is 8.77. The Labute approximate surface area is 147 Å². The monoisotopic (exact) mass is 356 g/mol. The summed E-state index contributed by atoms with van der Waals surface area (Å²) in [6.07, 6.45) is -3.54. The van der Waals surface area contributed by atoms with Crippen molar-refractivity contribution in [2.75, 3.05) is 19.8 Å². The van der Waals surface area contributed by atoms with Crippen molar-refractivity contribution >= 4 is 0 Å². The van der Waals surface area contributed by atoms with Gasteiger partial charge in [-0.3, -0.25) is 0 Å². The third-order valence-corrected chi connectivity index (χ3v) is 4.18.